The van der Waals surface area contributed by atoms with Gasteiger partial charge in [-0.25, -0.2) is 4.79 Å². The molecule has 2 amide bonds. The molecule has 1 aliphatic rings. The minimum atomic E-state index is -0.585. The third kappa shape index (κ3) is 10.2. The topological polar surface area (TPSA) is 166 Å². The van der Waals surface area contributed by atoms with Crippen molar-refractivity contribution in [1.29, 1.82) is 0 Å². The highest BCUT2D eigenvalue weighted by molar-refractivity contribution is 6.31. The lowest BCUT2D eigenvalue weighted by atomic mass is 10.2. The summed E-state index contributed by atoms with van der Waals surface area (Å²) in [5.74, 6) is 3.84. The molecular weight excluding hydrogens is 380 g/mol. The fourth-order valence-corrected chi connectivity index (χ4v) is 2.55. The van der Waals surface area contributed by atoms with Gasteiger partial charge in [-0.1, -0.05) is 11.5 Å². The third-order valence-electron chi connectivity index (χ3n) is 4.07. The molecule has 0 aromatic heterocycles. The van der Waals surface area contributed by atoms with Crippen molar-refractivity contribution >= 4 is 29.7 Å². The van der Waals surface area contributed by atoms with Crippen LogP contribution in [-0.2, 0) is 19.2 Å². The molecule has 1 aliphatic heterocycles. The van der Waals surface area contributed by atoms with Crippen molar-refractivity contribution in [3.63, 3.8) is 0 Å². The number of carbonyl (C=O) groups excluding carboxylic acids is 3. The van der Waals surface area contributed by atoms with E-state index >= 15 is 0 Å². The maximum absolute atomic E-state index is 11.7. The Bertz CT molecular complexity index is 656. The summed E-state index contributed by atoms with van der Waals surface area (Å²) in [4.78, 5) is 48.2. The van der Waals surface area contributed by atoms with Crippen LogP contribution in [0, 0.1) is 0 Å². The van der Waals surface area contributed by atoms with E-state index < -0.39 is 17.8 Å². The summed E-state index contributed by atoms with van der Waals surface area (Å²) in [6.07, 6.45) is 4.79. The Hall–Kier alpha value is -2.98. The number of nitrogens with two attached hydrogens (primary N) is 1. The van der Waals surface area contributed by atoms with E-state index in [1.54, 1.807) is 6.21 Å². The molecule has 1 fully saturated rings. The number of aliphatic imine (C=N–C) groups is 1. The first-order valence-electron chi connectivity index (χ1n) is 9.50. The van der Waals surface area contributed by atoms with Crippen molar-refractivity contribution in [3.05, 3.63) is 10.4 Å². The van der Waals surface area contributed by atoms with Gasteiger partial charge in [0.2, 0.25) is 0 Å². The highest BCUT2D eigenvalue weighted by Crippen LogP contribution is 2.13. The molecule has 0 radical (unpaired) electrons. The van der Waals surface area contributed by atoms with Gasteiger partial charge in [-0.05, 0) is 38.4 Å². The van der Waals surface area contributed by atoms with Gasteiger partial charge in [0.05, 0.1) is 5.71 Å². The minimum Gasteiger partial charge on any atom is -0.330 e. The molecule has 1 saturated heterocycles. The number of hydrazone groups is 1. The average Bonchev–Trinajstić information content (AvgIpc) is 3.01. The summed E-state index contributed by atoms with van der Waals surface area (Å²) in [7, 11) is 1.91. The average molecular weight is 408 g/mol. The van der Waals surface area contributed by atoms with Crippen molar-refractivity contribution in [2.75, 3.05) is 33.2 Å². The van der Waals surface area contributed by atoms with Gasteiger partial charge in [-0.15, -0.1) is 5.06 Å². The smallest absolute Gasteiger partial charge is 0.330 e. The van der Waals surface area contributed by atoms with Crippen LogP contribution in [-0.4, -0.2) is 72.9 Å². The molecular formula is C17H28N8O4. The first-order chi connectivity index (χ1) is 14.0. The summed E-state index contributed by atoms with van der Waals surface area (Å²) in [5.41, 5.74) is 8.87. The summed E-state index contributed by atoms with van der Waals surface area (Å²) in [6.45, 7) is 2.30. The van der Waals surface area contributed by atoms with Crippen LogP contribution in [0.3, 0.4) is 0 Å². The van der Waals surface area contributed by atoms with E-state index in [0.717, 1.165) is 25.8 Å². The fourth-order valence-electron chi connectivity index (χ4n) is 2.55. The van der Waals surface area contributed by atoms with E-state index in [4.69, 9.17) is 16.2 Å². The van der Waals surface area contributed by atoms with Gasteiger partial charge in [0.1, 0.15) is 0 Å². The van der Waals surface area contributed by atoms with Gasteiger partial charge >= 0.3 is 5.97 Å². The van der Waals surface area contributed by atoms with Gasteiger partial charge in [0, 0.05) is 50.0 Å². The standard InChI is InChI=1S/C17H28N8O4/c1-24(11-5-10-21-23-19)13-14(22-18)12-20-9-4-2-3-6-17(28)29-25-15(26)7-8-16(25)27/h12H,2-11,13,18H2,1H3/b20-12?,22-14+. The monoisotopic (exact) mass is 408 g/mol. The second-order valence-corrected chi connectivity index (χ2v) is 6.56. The number of nitrogens with zero attached hydrogens (tertiary/aromatic N) is 7. The van der Waals surface area contributed by atoms with E-state index in [1.165, 1.54) is 0 Å². The summed E-state index contributed by atoms with van der Waals surface area (Å²) in [5, 5.41) is 7.76. The number of carbonyl (C=O) groups is 3. The van der Waals surface area contributed by atoms with Crippen molar-refractivity contribution < 1.29 is 19.2 Å². The Balaban J connectivity index is 2.13. The van der Waals surface area contributed by atoms with Gasteiger partial charge in [-0.3, -0.25) is 14.6 Å². The number of imide groups is 1. The zero-order chi connectivity index (χ0) is 21.5. The number of azide groups is 1. The van der Waals surface area contributed by atoms with Crippen LogP contribution in [0.2, 0.25) is 0 Å². The van der Waals surface area contributed by atoms with Crippen LogP contribution in [0.25, 0.3) is 10.4 Å². The molecule has 1 rings (SSSR count). The number of rotatable bonds is 14. The van der Waals surface area contributed by atoms with Crippen LogP contribution >= 0.6 is 0 Å². The SMILES string of the molecule is CN(CCCN=[N+]=[N-])C/C(C=NCCCCCC(=O)ON1C(=O)CCC1=O)=N/N. The minimum absolute atomic E-state index is 0.0870. The molecule has 12 heteroatoms. The van der Waals surface area contributed by atoms with Crippen LogP contribution in [0.1, 0.15) is 44.9 Å². The molecule has 0 bridgehead atoms. The summed E-state index contributed by atoms with van der Waals surface area (Å²) >= 11 is 0. The van der Waals surface area contributed by atoms with E-state index in [2.05, 4.69) is 20.1 Å². The van der Waals surface area contributed by atoms with Gasteiger partial charge in [0.15, 0.2) is 0 Å². The number of hydrogen-bond acceptors (Lipinski definition) is 9. The van der Waals surface area contributed by atoms with Gasteiger partial charge in [0.25, 0.3) is 11.8 Å². The fraction of sp³-hybridized carbons (Fsp3) is 0.706. The molecule has 0 spiro atoms. The maximum atomic E-state index is 11.7. The third-order valence-corrected chi connectivity index (χ3v) is 4.07. The van der Waals surface area contributed by atoms with E-state index in [1.807, 2.05) is 11.9 Å². The first-order valence-corrected chi connectivity index (χ1v) is 9.50. The molecule has 160 valence electrons. The molecule has 12 nitrogen and oxygen atoms in total. The molecule has 0 saturated carbocycles. The van der Waals surface area contributed by atoms with Gasteiger partial charge in [-0.2, -0.15) is 5.10 Å². The number of hydroxylamine groups is 2. The highest BCUT2D eigenvalue weighted by Gasteiger charge is 2.32. The number of amides is 2. The quantitative estimate of drug-likeness (QED) is 0.0661. The molecule has 0 aromatic carbocycles. The number of hydrogen-bond donors (Lipinski definition) is 1. The Morgan fingerprint density at radius 1 is 1.24 bits per heavy atom. The molecule has 0 aromatic rings. The van der Waals surface area contributed by atoms with Gasteiger partial charge < -0.3 is 15.6 Å². The molecule has 0 aliphatic carbocycles. The highest BCUT2D eigenvalue weighted by atomic mass is 16.7. The maximum Gasteiger partial charge on any atom is 0.333 e. The molecule has 0 unspecified atom stereocenters. The van der Waals surface area contributed by atoms with Crippen LogP contribution in [0.15, 0.2) is 15.2 Å². The second-order valence-electron chi connectivity index (χ2n) is 6.56. The predicted octanol–water partition coefficient (Wildman–Crippen LogP) is 1.17. The number of unbranched alkanes of at least 4 members (excludes halogenated alkanes) is 2. The second kappa shape index (κ2) is 14.1. The normalized spacial score (nSPS) is 14.7. The van der Waals surface area contributed by atoms with Crippen LogP contribution in [0.5, 0.6) is 0 Å². The Labute approximate surface area is 169 Å². The lowest BCUT2D eigenvalue weighted by Crippen LogP contribution is -2.31. The Morgan fingerprint density at radius 3 is 2.62 bits per heavy atom. The van der Waals surface area contributed by atoms with Crippen molar-refractivity contribution in [2.24, 2.45) is 21.1 Å². The zero-order valence-corrected chi connectivity index (χ0v) is 16.7. The van der Waals surface area contributed by atoms with Crippen molar-refractivity contribution in [3.8, 4) is 0 Å². The summed E-state index contributed by atoms with van der Waals surface area (Å²) < 4.78 is 0. The molecule has 29 heavy (non-hydrogen) atoms. The summed E-state index contributed by atoms with van der Waals surface area (Å²) in [6, 6.07) is 0. The Morgan fingerprint density at radius 2 is 1.97 bits per heavy atom. The lowest BCUT2D eigenvalue weighted by Gasteiger charge is -2.15. The van der Waals surface area contributed by atoms with Crippen molar-refractivity contribution in [2.45, 2.75) is 44.9 Å². The molecule has 1 heterocycles. The van der Waals surface area contributed by atoms with Crippen LogP contribution < -0.4 is 5.84 Å². The van der Waals surface area contributed by atoms with Crippen LogP contribution in [0.4, 0.5) is 0 Å². The largest absolute Gasteiger partial charge is 0.333 e. The first kappa shape index (κ1) is 24.1. The predicted molar refractivity (Wildman–Crippen MR) is 107 cm³/mol. The zero-order valence-electron chi connectivity index (χ0n) is 16.7. The van der Waals surface area contributed by atoms with Crippen molar-refractivity contribution in [1.82, 2.24) is 9.96 Å². The lowest BCUT2D eigenvalue weighted by molar-refractivity contribution is -0.197. The van der Waals surface area contributed by atoms with E-state index in [-0.39, 0.29) is 19.3 Å². The van der Waals surface area contributed by atoms with E-state index in [0.29, 0.717) is 36.8 Å². The Kier molecular flexibility index (Phi) is 11.7. The molecule has 0 atom stereocenters. The molecule has 2 N–H and O–H groups in total. The van der Waals surface area contributed by atoms with E-state index in [9.17, 15) is 14.4 Å².